The molecule has 0 radical (unpaired) electrons. The first kappa shape index (κ1) is 8.99. The molecular formula is C7H15N5. The lowest BCUT2D eigenvalue weighted by Gasteiger charge is -2.09. The maximum absolute atomic E-state index is 5.54. The molecule has 1 heterocycles. The van der Waals surface area contributed by atoms with Gasteiger partial charge in [0.25, 0.3) is 0 Å². The average molecular weight is 169 g/mol. The van der Waals surface area contributed by atoms with Gasteiger partial charge in [-0.1, -0.05) is 5.21 Å². The van der Waals surface area contributed by atoms with E-state index in [1.54, 1.807) is 0 Å². The number of anilines is 1. The SMILES string of the molecule is Cc1c(N)nnn1CCN(C)C. The Hall–Kier alpha value is -1.10. The van der Waals surface area contributed by atoms with Gasteiger partial charge in [-0.15, -0.1) is 5.10 Å². The molecule has 0 aliphatic heterocycles. The van der Waals surface area contributed by atoms with E-state index in [4.69, 9.17) is 5.73 Å². The van der Waals surface area contributed by atoms with E-state index in [-0.39, 0.29) is 0 Å². The van der Waals surface area contributed by atoms with Crippen LogP contribution in [-0.2, 0) is 6.54 Å². The molecule has 0 fully saturated rings. The molecule has 0 saturated carbocycles. The highest BCUT2D eigenvalue weighted by Crippen LogP contribution is 2.03. The summed E-state index contributed by atoms with van der Waals surface area (Å²) in [6.07, 6.45) is 0. The quantitative estimate of drug-likeness (QED) is 0.676. The van der Waals surface area contributed by atoms with E-state index in [1.165, 1.54) is 0 Å². The topological polar surface area (TPSA) is 60.0 Å². The van der Waals surface area contributed by atoms with Crippen LogP contribution in [0.25, 0.3) is 0 Å². The molecule has 5 nitrogen and oxygen atoms in total. The largest absolute Gasteiger partial charge is 0.381 e. The minimum Gasteiger partial charge on any atom is -0.381 e. The van der Waals surface area contributed by atoms with E-state index in [2.05, 4.69) is 15.2 Å². The molecule has 0 spiro atoms. The predicted molar refractivity (Wildman–Crippen MR) is 47.7 cm³/mol. The van der Waals surface area contributed by atoms with E-state index < -0.39 is 0 Å². The highest BCUT2D eigenvalue weighted by molar-refractivity contribution is 5.31. The van der Waals surface area contributed by atoms with Gasteiger partial charge in [0.2, 0.25) is 0 Å². The van der Waals surface area contributed by atoms with Crippen molar-refractivity contribution < 1.29 is 0 Å². The Labute approximate surface area is 72.2 Å². The van der Waals surface area contributed by atoms with Crippen LogP contribution in [0.3, 0.4) is 0 Å². The first-order chi connectivity index (χ1) is 5.61. The summed E-state index contributed by atoms with van der Waals surface area (Å²) >= 11 is 0. The second kappa shape index (κ2) is 3.53. The van der Waals surface area contributed by atoms with E-state index in [1.807, 2.05) is 25.7 Å². The van der Waals surface area contributed by atoms with E-state index in [0.29, 0.717) is 5.82 Å². The van der Waals surface area contributed by atoms with Crippen molar-refractivity contribution in [1.82, 2.24) is 19.9 Å². The third-order valence-electron chi connectivity index (χ3n) is 1.78. The van der Waals surface area contributed by atoms with Crippen LogP contribution in [0.4, 0.5) is 5.82 Å². The molecule has 0 aromatic carbocycles. The molecule has 0 atom stereocenters. The summed E-state index contributed by atoms with van der Waals surface area (Å²) in [5, 5.41) is 7.67. The maximum Gasteiger partial charge on any atom is 0.168 e. The fraction of sp³-hybridized carbons (Fsp3) is 0.714. The van der Waals surface area contributed by atoms with Gasteiger partial charge in [-0.3, -0.25) is 0 Å². The summed E-state index contributed by atoms with van der Waals surface area (Å²) in [4.78, 5) is 2.09. The van der Waals surface area contributed by atoms with Crippen LogP contribution in [0.2, 0.25) is 0 Å². The van der Waals surface area contributed by atoms with Gasteiger partial charge in [-0.2, -0.15) is 0 Å². The molecule has 5 heteroatoms. The molecule has 0 amide bonds. The van der Waals surface area contributed by atoms with Gasteiger partial charge in [-0.25, -0.2) is 4.68 Å². The Balaban J connectivity index is 2.58. The van der Waals surface area contributed by atoms with Gasteiger partial charge < -0.3 is 10.6 Å². The highest BCUT2D eigenvalue weighted by atomic mass is 15.4. The van der Waals surface area contributed by atoms with Crippen molar-refractivity contribution >= 4 is 5.82 Å². The van der Waals surface area contributed by atoms with Crippen LogP contribution >= 0.6 is 0 Å². The van der Waals surface area contributed by atoms with Crippen molar-refractivity contribution in [3.63, 3.8) is 0 Å². The zero-order chi connectivity index (χ0) is 9.14. The fourth-order valence-electron chi connectivity index (χ4n) is 0.881. The minimum absolute atomic E-state index is 0.522. The minimum atomic E-state index is 0.522. The molecule has 0 aliphatic carbocycles. The second-order valence-electron chi connectivity index (χ2n) is 3.09. The molecule has 12 heavy (non-hydrogen) atoms. The molecule has 0 bridgehead atoms. The Morgan fingerprint density at radius 2 is 2.17 bits per heavy atom. The molecule has 1 aromatic heterocycles. The Morgan fingerprint density at radius 3 is 2.58 bits per heavy atom. The maximum atomic E-state index is 5.54. The third-order valence-corrected chi connectivity index (χ3v) is 1.78. The summed E-state index contributed by atoms with van der Waals surface area (Å²) in [5.41, 5.74) is 6.48. The Kier molecular flexibility index (Phi) is 2.65. The molecule has 1 rings (SSSR count). The molecule has 2 N–H and O–H groups in total. The van der Waals surface area contributed by atoms with Crippen molar-refractivity contribution in [1.29, 1.82) is 0 Å². The predicted octanol–water partition coefficient (Wildman–Crippen LogP) is -0.270. The number of nitrogen functional groups attached to an aromatic ring is 1. The van der Waals surface area contributed by atoms with Crippen molar-refractivity contribution in [2.24, 2.45) is 0 Å². The van der Waals surface area contributed by atoms with Gasteiger partial charge in [0, 0.05) is 6.54 Å². The van der Waals surface area contributed by atoms with Crippen LogP contribution in [0.5, 0.6) is 0 Å². The number of rotatable bonds is 3. The lowest BCUT2D eigenvalue weighted by Crippen LogP contribution is -2.19. The first-order valence-electron chi connectivity index (χ1n) is 3.91. The van der Waals surface area contributed by atoms with Crippen LogP contribution in [0.1, 0.15) is 5.69 Å². The molecule has 1 aromatic rings. The highest BCUT2D eigenvalue weighted by Gasteiger charge is 2.03. The molecule has 0 unspecified atom stereocenters. The van der Waals surface area contributed by atoms with Gasteiger partial charge in [-0.05, 0) is 21.0 Å². The Bertz CT molecular complexity index is 252. The van der Waals surface area contributed by atoms with E-state index >= 15 is 0 Å². The summed E-state index contributed by atoms with van der Waals surface area (Å²) in [6.45, 7) is 3.71. The average Bonchev–Trinajstić information content (AvgIpc) is 2.30. The number of hydrogen-bond acceptors (Lipinski definition) is 4. The molecule has 0 aliphatic rings. The number of nitrogens with two attached hydrogens (primary N) is 1. The monoisotopic (exact) mass is 169 g/mol. The van der Waals surface area contributed by atoms with Crippen molar-refractivity contribution in [3.05, 3.63) is 5.69 Å². The molecule has 0 saturated heterocycles. The smallest absolute Gasteiger partial charge is 0.168 e. The van der Waals surface area contributed by atoms with Crippen LogP contribution in [0, 0.1) is 6.92 Å². The zero-order valence-corrected chi connectivity index (χ0v) is 7.78. The van der Waals surface area contributed by atoms with Gasteiger partial charge >= 0.3 is 0 Å². The van der Waals surface area contributed by atoms with Crippen LogP contribution < -0.4 is 5.73 Å². The molecule has 68 valence electrons. The van der Waals surface area contributed by atoms with E-state index in [0.717, 1.165) is 18.8 Å². The van der Waals surface area contributed by atoms with Crippen molar-refractivity contribution in [2.45, 2.75) is 13.5 Å². The zero-order valence-electron chi connectivity index (χ0n) is 7.78. The third kappa shape index (κ3) is 1.94. The van der Waals surface area contributed by atoms with Gasteiger partial charge in [0.1, 0.15) is 0 Å². The standard InChI is InChI=1S/C7H15N5/c1-6-7(8)9-10-12(6)5-4-11(2)3/h4-5,8H2,1-3H3. The van der Waals surface area contributed by atoms with Crippen molar-refractivity contribution in [3.8, 4) is 0 Å². The van der Waals surface area contributed by atoms with Crippen LogP contribution in [-0.4, -0.2) is 40.5 Å². The summed E-state index contributed by atoms with van der Waals surface area (Å²) in [6, 6.07) is 0. The van der Waals surface area contributed by atoms with Crippen molar-refractivity contribution in [2.75, 3.05) is 26.4 Å². The lowest BCUT2D eigenvalue weighted by molar-refractivity contribution is 0.368. The number of likely N-dealkylation sites (N-methyl/N-ethyl adjacent to an activating group) is 1. The summed E-state index contributed by atoms with van der Waals surface area (Å²) in [5.74, 6) is 0.522. The van der Waals surface area contributed by atoms with Gasteiger partial charge in [0.15, 0.2) is 5.82 Å². The number of hydrogen-bond donors (Lipinski definition) is 1. The fourth-order valence-corrected chi connectivity index (χ4v) is 0.881. The molecular weight excluding hydrogens is 154 g/mol. The van der Waals surface area contributed by atoms with Crippen LogP contribution in [0.15, 0.2) is 0 Å². The Morgan fingerprint density at radius 1 is 1.50 bits per heavy atom. The number of aromatic nitrogens is 3. The number of nitrogens with zero attached hydrogens (tertiary/aromatic N) is 4. The lowest BCUT2D eigenvalue weighted by atomic mass is 10.4. The van der Waals surface area contributed by atoms with Gasteiger partial charge in [0.05, 0.1) is 12.2 Å². The van der Waals surface area contributed by atoms with E-state index in [9.17, 15) is 0 Å². The first-order valence-corrected chi connectivity index (χ1v) is 3.91. The normalized spacial score (nSPS) is 11.0. The summed E-state index contributed by atoms with van der Waals surface area (Å²) in [7, 11) is 4.05. The summed E-state index contributed by atoms with van der Waals surface area (Å²) < 4.78 is 1.81. The second-order valence-corrected chi connectivity index (χ2v) is 3.09.